The van der Waals surface area contributed by atoms with Crippen LogP contribution in [0.2, 0.25) is 0 Å². The average Bonchev–Trinajstić information content (AvgIpc) is 2.76. The van der Waals surface area contributed by atoms with E-state index < -0.39 is 67.0 Å². The van der Waals surface area contributed by atoms with E-state index in [0.717, 1.165) is 33.3 Å². The Kier molecular flexibility index (Phi) is 10.6. The van der Waals surface area contributed by atoms with E-state index in [2.05, 4.69) is 5.32 Å². The van der Waals surface area contributed by atoms with Crippen molar-refractivity contribution in [3.8, 4) is 0 Å². The molecule has 0 bridgehead atoms. The van der Waals surface area contributed by atoms with Crippen LogP contribution in [0.25, 0.3) is 0 Å². The summed E-state index contributed by atoms with van der Waals surface area (Å²) in [5.41, 5.74) is 0.847. The number of carbonyl (C=O) groups excluding carboxylic acids is 5. The molecule has 1 aromatic carbocycles. The number of carbonyl (C=O) groups is 5. The maximum absolute atomic E-state index is 12.6. The van der Waals surface area contributed by atoms with Gasteiger partial charge in [-0.25, -0.2) is 0 Å². The molecule has 1 aliphatic rings. The van der Waals surface area contributed by atoms with Gasteiger partial charge < -0.3 is 33.7 Å². The molecular formula is C23H29NO11. The van der Waals surface area contributed by atoms with E-state index in [1.54, 1.807) is 0 Å². The Labute approximate surface area is 202 Å². The zero-order valence-corrected chi connectivity index (χ0v) is 19.9. The molecule has 12 nitrogen and oxygen atoms in total. The fourth-order valence-electron chi connectivity index (χ4n) is 3.38. The van der Waals surface area contributed by atoms with E-state index in [9.17, 15) is 24.0 Å². The molecule has 1 amide bonds. The van der Waals surface area contributed by atoms with Crippen LogP contribution < -0.4 is 5.32 Å². The first-order valence-corrected chi connectivity index (χ1v) is 10.8. The average molecular weight is 495 g/mol. The molecule has 12 heteroatoms. The molecule has 1 aliphatic heterocycles. The summed E-state index contributed by atoms with van der Waals surface area (Å²) < 4.78 is 32.0. The van der Waals surface area contributed by atoms with Gasteiger partial charge in [0, 0.05) is 27.7 Å². The summed E-state index contributed by atoms with van der Waals surface area (Å²) in [5, 5.41) is 2.56. The van der Waals surface area contributed by atoms with Gasteiger partial charge in [-0.2, -0.15) is 0 Å². The second-order valence-electron chi connectivity index (χ2n) is 7.67. The quantitative estimate of drug-likeness (QED) is 0.354. The zero-order valence-electron chi connectivity index (χ0n) is 19.9. The largest absolute Gasteiger partial charge is 0.463 e. The second kappa shape index (κ2) is 13.4. The number of amides is 1. The number of esters is 4. The molecular weight excluding hydrogens is 466 g/mol. The first kappa shape index (κ1) is 27.7. The van der Waals surface area contributed by atoms with Crippen LogP contribution >= 0.6 is 0 Å². The SMILES string of the molecule is CC(=O)OCC1OC(OC(C)=O)[C@H](NC(=O)COCc2ccccc2)C(OC(C)=O)[C@@H]1OC(C)=O. The molecule has 0 radical (unpaired) electrons. The van der Waals surface area contributed by atoms with Crippen LogP contribution in [0.5, 0.6) is 0 Å². The number of hydrogen-bond donors (Lipinski definition) is 1. The van der Waals surface area contributed by atoms with Crippen LogP contribution in [-0.2, 0) is 59.0 Å². The van der Waals surface area contributed by atoms with Gasteiger partial charge in [-0.15, -0.1) is 0 Å². The molecule has 1 saturated heterocycles. The summed E-state index contributed by atoms with van der Waals surface area (Å²) in [6.45, 7) is 3.90. The highest BCUT2D eigenvalue weighted by Gasteiger charge is 2.52. The molecule has 0 saturated carbocycles. The minimum atomic E-state index is -1.46. The Morgan fingerprint density at radius 1 is 0.829 bits per heavy atom. The maximum Gasteiger partial charge on any atom is 0.305 e. The van der Waals surface area contributed by atoms with Crippen LogP contribution in [0.15, 0.2) is 30.3 Å². The van der Waals surface area contributed by atoms with Crippen molar-refractivity contribution in [2.24, 2.45) is 0 Å². The molecule has 1 aromatic rings. The van der Waals surface area contributed by atoms with Gasteiger partial charge in [0.2, 0.25) is 12.2 Å². The number of nitrogens with one attached hydrogen (secondary N) is 1. The van der Waals surface area contributed by atoms with Crippen LogP contribution in [0.1, 0.15) is 33.3 Å². The highest BCUT2D eigenvalue weighted by molar-refractivity contribution is 5.78. The number of benzene rings is 1. The lowest BCUT2D eigenvalue weighted by Gasteiger charge is -2.44. The Balaban J connectivity index is 2.24. The van der Waals surface area contributed by atoms with Crippen LogP contribution in [0, 0.1) is 0 Å². The minimum absolute atomic E-state index is 0.163. The Morgan fingerprint density at radius 2 is 1.43 bits per heavy atom. The van der Waals surface area contributed by atoms with Gasteiger partial charge in [-0.05, 0) is 5.56 Å². The lowest BCUT2D eigenvalue weighted by molar-refractivity contribution is -0.271. The van der Waals surface area contributed by atoms with Crippen molar-refractivity contribution < 1.29 is 52.4 Å². The molecule has 1 N–H and O–H groups in total. The van der Waals surface area contributed by atoms with Crippen molar-refractivity contribution in [1.82, 2.24) is 5.32 Å². The third-order valence-corrected chi connectivity index (χ3v) is 4.66. The van der Waals surface area contributed by atoms with E-state index >= 15 is 0 Å². The van der Waals surface area contributed by atoms with E-state index in [0.29, 0.717) is 0 Å². The zero-order chi connectivity index (χ0) is 26.0. The Hall–Kier alpha value is -3.51. The van der Waals surface area contributed by atoms with Crippen molar-refractivity contribution in [3.63, 3.8) is 0 Å². The van der Waals surface area contributed by atoms with Crippen molar-refractivity contribution >= 4 is 29.8 Å². The third kappa shape index (κ3) is 9.33. The molecule has 2 rings (SSSR count). The summed E-state index contributed by atoms with van der Waals surface area (Å²) in [5.74, 6) is -3.54. The van der Waals surface area contributed by atoms with Gasteiger partial charge in [-0.1, -0.05) is 30.3 Å². The Bertz CT molecular complexity index is 904. The lowest BCUT2D eigenvalue weighted by Crippen LogP contribution is -2.67. The normalized spacial score (nSPS) is 23.5. The van der Waals surface area contributed by atoms with Gasteiger partial charge in [0.1, 0.15) is 25.4 Å². The number of ether oxygens (including phenoxy) is 6. The molecule has 35 heavy (non-hydrogen) atoms. The van der Waals surface area contributed by atoms with Crippen molar-refractivity contribution in [3.05, 3.63) is 35.9 Å². The predicted octanol–water partition coefficient (Wildman–Crippen LogP) is 0.403. The first-order chi connectivity index (χ1) is 16.6. The van der Waals surface area contributed by atoms with Gasteiger partial charge >= 0.3 is 23.9 Å². The minimum Gasteiger partial charge on any atom is -0.463 e. The van der Waals surface area contributed by atoms with Crippen LogP contribution in [0.3, 0.4) is 0 Å². The van der Waals surface area contributed by atoms with E-state index in [1.165, 1.54) is 0 Å². The molecule has 1 heterocycles. The van der Waals surface area contributed by atoms with Crippen LogP contribution in [0.4, 0.5) is 0 Å². The summed E-state index contributed by atoms with van der Waals surface area (Å²) in [6.07, 6.45) is -5.26. The van der Waals surface area contributed by atoms with Crippen LogP contribution in [-0.4, -0.2) is 73.6 Å². The van der Waals surface area contributed by atoms with Crippen molar-refractivity contribution in [2.75, 3.05) is 13.2 Å². The molecule has 0 spiro atoms. The fourth-order valence-corrected chi connectivity index (χ4v) is 3.38. The standard InChI is InChI=1S/C23H29NO11/c1-13(25)31-11-18-21(32-14(2)26)22(33-15(3)27)20(23(35-18)34-16(4)28)24-19(29)12-30-10-17-8-6-5-7-9-17/h5-9,18,20-23H,10-12H2,1-4H3,(H,24,29)/t18?,20-,21-,22?,23?/m1/s1. The summed E-state index contributed by atoms with van der Waals surface area (Å²) in [6, 6.07) is 7.88. The monoisotopic (exact) mass is 495 g/mol. The molecule has 3 unspecified atom stereocenters. The first-order valence-electron chi connectivity index (χ1n) is 10.8. The second-order valence-corrected chi connectivity index (χ2v) is 7.67. The molecule has 0 aliphatic carbocycles. The summed E-state index contributed by atoms with van der Waals surface area (Å²) in [7, 11) is 0. The summed E-state index contributed by atoms with van der Waals surface area (Å²) in [4.78, 5) is 59.3. The molecule has 5 atom stereocenters. The molecule has 0 aromatic heterocycles. The lowest BCUT2D eigenvalue weighted by atomic mass is 9.96. The molecule has 1 fully saturated rings. The number of rotatable bonds is 10. The van der Waals surface area contributed by atoms with Crippen molar-refractivity contribution in [2.45, 2.75) is 64.9 Å². The fraction of sp³-hybridized carbons (Fsp3) is 0.522. The van der Waals surface area contributed by atoms with Gasteiger partial charge in [0.25, 0.3) is 0 Å². The predicted molar refractivity (Wildman–Crippen MR) is 116 cm³/mol. The third-order valence-electron chi connectivity index (χ3n) is 4.66. The number of hydrogen-bond acceptors (Lipinski definition) is 11. The van der Waals surface area contributed by atoms with E-state index in [1.807, 2.05) is 30.3 Å². The Morgan fingerprint density at radius 3 is 2.00 bits per heavy atom. The van der Waals surface area contributed by atoms with E-state index in [4.69, 9.17) is 28.4 Å². The smallest absolute Gasteiger partial charge is 0.305 e. The highest BCUT2D eigenvalue weighted by atomic mass is 16.7. The highest BCUT2D eigenvalue weighted by Crippen LogP contribution is 2.28. The van der Waals surface area contributed by atoms with Gasteiger partial charge in [0.15, 0.2) is 12.2 Å². The summed E-state index contributed by atoms with van der Waals surface area (Å²) >= 11 is 0. The van der Waals surface area contributed by atoms with Gasteiger partial charge in [0.05, 0.1) is 6.61 Å². The van der Waals surface area contributed by atoms with E-state index in [-0.39, 0.29) is 13.2 Å². The maximum atomic E-state index is 12.6. The molecule has 192 valence electrons. The van der Waals surface area contributed by atoms with Gasteiger partial charge in [-0.3, -0.25) is 24.0 Å². The van der Waals surface area contributed by atoms with Crippen molar-refractivity contribution in [1.29, 1.82) is 0 Å². The topological polar surface area (TPSA) is 153 Å².